The number of amides is 2. The Kier molecular flexibility index (Phi) is 4.55. The van der Waals surface area contributed by atoms with Crippen LogP contribution in [0.15, 0.2) is 22.6 Å². The van der Waals surface area contributed by atoms with E-state index in [0.717, 1.165) is 12.8 Å². The van der Waals surface area contributed by atoms with Gasteiger partial charge in [0.05, 0.1) is 5.92 Å². The van der Waals surface area contributed by atoms with Crippen LogP contribution in [0.2, 0.25) is 0 Å². The topological polar surface area (TPSA) is 62.6 Å². The van der Waals surface area contributed by atoms with Crippen molar-refractivity contribution < 1.29 is 18.4 Å². The van der Waals surface area contributed by atoms with Crippen LogP contribution in [0.4, 0.5) is 4.39 Å². The van der Waals surface area contributed by atoms with Gasteiger partial charge in [0, 0.05) is 30.6 Å². The number of carbonyl (C=O) groups excluding carboxylic acids is 2. The number of carbonyl (C=O) groups is 2. The number of furan rings is 1. The van der Waals surface area contributed by atoms with E-state index in [1.165, 1.54) is 18.2 Å². The molecule has 0 unspecified atom stereocenters. The normalized spacial score (nSPS) is 18.0. The van der Waals surface area contributed by atoms with Gasteiger partial charge in [0.1, 0.15) is 11.4 Å². The molecule has 1 aliphatic rings. The highest BCUT2D eigenvalue weighted by molar-refractivity contribution is 5.99. The molecule has 2 heterocycles. The Labute approximate surface area is 139 Å². The molecule has 3 rings (SSSR count). The molecule has 24 heavy (non-hydrogen) atoms. The summed E-state index contributed by atoms with van der Waals surface area (Å²) in [6.45, 7) is 5.19. The van der Waals surface area contributed by atoms with Gasteiger partial charge in [-0.05, 0) is 44.9 Å². The lowest BCUT2D eigenvalue weighted by atomic mass is 9.96. The van der Waals surface area contributed by atoms with E-state index in [0.29, 0.717) is 36.2 Å². The highest BCUT2D eigenvalue weighted by Gasteiger charge is 2.31. The van der Waals surface area contributed by atoms with Crippen molar-refractivity contribution in [1.29, 1.82) is 0 Å². The van der Waals surface area contributed by atoms with Crippen LogP contribution in [0.5, 0.6) is 0 Å². The number of aryl methyl sites for hydroxylation is 1. The lowest BCUT2D eigenvalue weighted by molar-refractivity contribution is -0.126. The molecule has 128 valence electrons. The standard InChI is InChI=1S/C18H21FN2O3/c1-3-20-17(22)12-5-4-8-21(10-12)18(23)16-11(2)14-9-13(19)6-7-15(14)24-16/h6-7,9,12H,3-5,8,10H2,1-2H3,(H,20,22)/t12-/m1/s1. The van der Waals surface area contributed by atoms with Gasteiger partial charge in [0.25, 0.3) is 5.91 Å². The SMILES string of the molecule is CCNC(=O)[C@@H]1CCCN(C(=O)c2oc3ccc(F)cc3c2C)C1. The maximum atomic E-state index is 13.4. The molecule has 2 amide bonds. The van der Waals surface area contributed by atoms with Crippen molar-refractivity contribution in [3.05, 3.63) is 35.3 Å². The third kappa shape index (κ3) is 3.00. The van der Waals surface area contributed by atoms with Crippen LogP contribution in [0.1, 0.15) is 35.9 Å². The van der Waals surface area contributed by atoms with Crippen molar-refractivity contribution in [2.45, 2.75) is 26.7 Å². The monoisotopic (exact) mass is 332 g/mol. The fourth-order valence-corrected chi connectivity index (χ4v) is 3.23. The summed E-state index contributed by atoms with van der Waals surface area (Å²) < 4.78 is 19.1. The molecular formula is C18H21FN2O3. The Morgan fingerprint density at radius 2 is 2.21 bits per heavy atom. The van der Waals surface area contributed by atoms with Crippen LogP contribution < -0.4 is 5.32 Å². The molecule has 1 N–H and O–H groups in total. The zero-order chi connectivity index (χ0) is 17.3. The van der Waals surface area contributed by atoms with E-state index in [2.05, 4.69) is 5.32 Å². The first-order chi connectivity index (χ1) is 11.5. The highest BCUT2D eigenvalue weighted by atomic mass is 19.1. The largest absolute Gasteiger partial charge is 0.451 e. The van der Waals surface area contributed by atoms with Gasteiger partial charge in [-0.1, -0.05) is 0 Å². The first-order valence-corrected chi connectivity index (χ1v) is 8.27. The molecule has 6 heteroatoms. The smallest absolute Gasteiger partial charge is 0.289 e. The number of hydrogen-bond donors (Lipinski definition) is 1. The second kappa shape index (κ2) is 6.63. The van der Waals surface area contributed by atoms with Crippen LogP contribution >= 0.6 is 0 Å². The molecule has 0 saturated carbocycles. The van der Waals surface area contributed by atoms with Gasteiger partial charge in [0.15, 0.2) is 5.76 Å². The number of halogens is 1. The number of likely N-dealkylation sites (tertiary alicyclic amines) is 1. The van der Waals surface area contributed by atoms with Crippen LogP contribution in [-0.2, 0) is 4.79 Å². The van der Waals surface area contributed by atoms with E-state index in [-0.39, 0.29) is 29.3 Å². The van der Waals surface area contributed by atoms with E-state index in [1.54, 1.807) is 11.8 Å². The quantitative estimate of drug-likeness (QED) is 0.940. The molecule has 0 aliphatic carbocycles. The first kappa shape index (κ1) is 16.5. The van der Waals surface area contributed by atoms with Gasteiger partial charge in [0.2, 0.25) is 5.91 Å². The molecule has 5 nitrogen and oxygen atoms in total. The first-order valence-electron chi connectivity index (χ1n) is 8.27. The minimum absolute atomic E-state index is 0.0154. The van der Waals surface area contributed by atoms with Crippen LogP contribution in [-0.4, -0.2) is 36.3 Å². The predicted octanol–water partition coefficient (Wildman–Crippen LogP) is 2.87. The van der Waals surface area contributed by atoms with Crippen molar-refractivity contribution >= 4 is 22.8 Å². The molecule has 0 bridgehead atoms. The number of piperidine rings is 1. The predicted molar refractivity (Wildman–Crippen MR) is 88.2 cm³/mol. The Morgan fingerprint density at radius 3 is 2.96 bits per heavy atom. The summed E-state index contributed by atoms with van der Waals surface area (Å²) >= 11 is 0. The maximum absolute atomic E-state index is 13.4. The molecule has 1 atom stereocenters. The highest BCUT2D eigenvalue weighted by Crippen LogP contribution is 2.28. The van der Waals surface area contributed by atoms with Gasteiger partial charge in [-0.15, -0.1) is 0 Å². The summed E-state index contributed by atoms with van der Waals surface area (Å²) in [6, 6.07) is 4.21. The third-order valence-corrected chi connectivity index (χ3v) is 4.52. The van der Waals surface area contributed by atoms with Crippen LogP contribution in [0.25, 0.3) is 11.0 Å². The van der Waals surface area contributed by atoms with Crippen molar-refractivity contribution in [3.8, 4) is 0 Å². The van der Waals surface area contributed by atoms with Gasteiger partial charge >= 0.3 is 0 Å². The number of hydrogen-bond acceptors (Lipinski definition) is 3. The minimum Gasteiger partial charge on any atom is -0.451 e. The lowest BCUT2D eigenvalue weighted by Gasteiger charge is -2.31. The fourth-order valence-electron chi connectivity index (χ4n) is 3.23. The molecule has 1 aromatic heterocycles. The summed E-state index contributed by atoms with van der Waals surface area (Å²) in [5, 5.41) is 3.42. The van der Waals surface area contributed by atoms with Gasteiger partial charge in [-0.25, -0.2) is 4.39 Å². The summed E-state index contributed by atoms with van der Waals surface area (Å²) in [4.78, 5) is 26.5. The zero-order valence-corrected chi connectivity index (χ0v) is 13.9. The van der Waals surface area contributed by atoms with E-state index in [1.807, 2.05) is 6.92 Å². The molecule has 1 fully saturated rings. The minimum atomic E-state index is -0.361. The second-order valence-electron chi connectivity index (χ2n) is 6.18. The lowest BCUT2D eigenvalue weighted by Crippen LogP contribution is -2.45. The number of nitrogens with zero attached hydrogens (tertiary/aromatic N) is 1. The van der Waals surface area contributed by atoms with Crippen molar-refractivity contribution in [2.24, 2.45) is 5.92 Å². The Bertz CT molecular complexity index is 784. The average Bonchev–Trinajstić information content (AvgIpc) is 2.91. The Morgan fingerprint density at radius 1 is 1.42 bits per heavy atom. The average molecular weight is 332 g/mol. The Hall–Kier alpha value is -2.37. The molecule has 0 radical (unpaired) electrons. The number of rotatable bonds is 3. The fraction of sp³-hybridized carbons (Fsp3) is 0.444. The van der Waals surface area contributed by atoms with E-state index < -0.39 is 0 Å². The maximum Gasteiger partial charge on any atom is 0.289 e. The van der Waals surface area contributed by atoms with Crippen LogP contribution in [0, 0.1) is 18.7 Å². The van der Waals surface area contributed by atoms with Gasteiger partial charge in [-0.2, -0.15) is 0 Å². The van der Waals surface area contributed by atoms with E-state index in [4.69, 9.17) is 4.42 Å². The van der Waals surface area contributed by atoms with E-state index >= 15 is 0 Å². The molecule has 1 aromatic carbocycles. The number of fused-ring (bicyclic) bond motifs is 1. The van der Waals surface area contributed by atoms with Crippen molar-refractivity contribution in [1.82, 2.24) is 10.2 Å². The summed E-state index contributed by atoms with van der Waals surface area (Å²) in [5.41, 5.74) is 1.13. The Balaban J connectivity index is 1.83. The summed E-state index contributed by atoms with van der Waals surface area (Å²) in [7, 11) is 0. The second-order valence-corrected chi connectivity index (χ2v) is 6.18. The molecule has 1 saturated heterocycles. The van der Waals surface area contributed by atoms with Gasteiger partial charge < -0.3 is 14.6 Å². The zero-order valence-electron chi connectivity index (χ0n) is 13.9. The number of nitrogens with one attached hydrogen (secondary N) is 1. The summed E-state index contributed by atoms with van der Waals surface area (Å²) in [5.74, 6) is -0.576. The number of benzene rings is 1. The van der Waals surface area contributed by atoms with E-state index in [9.17, 15) is 14.0 Å². The molecular weight excluding hydrogens is 311 g/mol. The summed E-state index contributed by atoms with van der Waals surface area (Å²) in [6.07, 6.45) is 1.56. The third-order valence-electron chi connectivity index (χ3n) is 4.52. The van der Waals surface area contributed by atoms with Crippen molar-refractivity contribution in [2.75, 3.05) is 19.6 Å². The van der Waals surface area contributed by atoms with Gasteiger partial charge in [-0.3, -0.25) is 9.59 Å². The molecule has 0 spiro atoms. The van der Waals surface area contributed by atoms with Crippen molar-refractivity contribution in [3.63, 3.8) is 0 Å². The van der Waals surface area contributed by atoms with Crippen LogP contribution in [0.3, 0.4) is 0 Å². The molecule has 1 aliphatic heterocycles. The molecule has 2 aromatic rings.